The van der Waals surface area contributed by atoms with Gasteiger partial charge in [-0.05, 0) is 56.5 Å². The summed E-state index contributed by atoms with van der Waals surface area (Å²) >= 11 is 3.27. The molecule has 0 aliphatic carbocycles. The SMILES string of the molecule is C[C@H](CCc1ccccc1)NC(=O)[C@H](C)NS(=O)(=O)c1ccc(Br)cc1. The average molecular weight is 439 g/mol. The number of aryl methyl sites for hydroxylation is 1. The lowest BCUT2D eigenvalue weighted by Gasteiger charge is -2.18. The van der Waals surface area contributed by atoms with Gasteiger partial charge in [0.15, 0.2) is 0 Å². The van der Waals surface area contributed by atoms with Crippen LogP contribution in [-0.4, -0.2) is 26.4 Å². The van der Waals surface area contributed by atoms with Gasteiger partial charge in [0.2, 0.25) is 15.9 Å². The highest BCUT2D eigenvalue weighted by molar-refractivity contribution is 9.10. The maximum atomic E-state index is 12.3. The van der Waals surface area contributed by atoms with E-state index in [-0.39, 0.29) is 16.8 Å². The van der Waals surface area contributed by atoms with Crippen molar-refractivity contribution in [3.8, 4) is 0 Å². The molecule has 0 unspecified atom stereocenters. The van der Waals surface area contributed by atoms with Crippen molar-refractivity contribution in [2.45, 2.75) is 43.7 Å². The van der Waals surface area contributed by atoms with Gasteiger partial charge in [0.1, 0.15) is 0 Å². The lowest BCUT2D eigenvalue weighted by Crippen LogP contribution is -2.47. The van der Waals surface area contributed by atoms with E-state index in [1.165, 1.54) is 24.6 Å². The summed E-state index contributed by atoms with van der Waals surface area (Å²) in [6, 6.07) is 15.4. The molecule has 26 heavy (non-hydrogen) atoms. The van der Waals surface area contributed by atoms with Crippen LogP contribution in [0, 0.1) is 0 Å². The summed E-state index contributed by atoms with van der Waals surface area (Å²) in [5, 5.41) is 2.86. The van der Waals surface area contributed by atoms with Gasteiger partial charge in [-0.15, -0.1) is 0 Å². The molecule has 2 atom stereocenters. The molecule has 5 nitrogen and oxygen atoms in total. The van der Waals surface area contributed by atoms with E-state index in [1.807, 2.05) is 37.3 Å². The van der Waals surface area contributed by atoms with Crippen molar-refractivity contribution in [3.05, 3.63) is 64.6 Å². The first-order chi connectivity index (χ1) is 12.3. The van der Waals surface area contributed by atoms with Gasteiger partial charge in [-0.2, -0.15) is 4.72 Å². The topological polar surface area (TPSA) is 75.3 Å². The Morgan fingerprint density at radius 3 is 2.27 bits per heavy atom. The Bertz CT molecular complexity index is 824. The summed E-state index contributed by atoms with van der Waals surface area (Å²) < 4.78 is 27.9. The zero-order valence-electron chi connectivity index (χ0n) is 14.8. The molecule has 0 aliphatic heterocycles. The molecule has 0 radical (unpaired) electrons. The molecule has 2 rings (SSSR count). The fraction of sp³-hybridized carbons (Fsp3) is 0.316. The Morgan fingerprint density at radius 1 is 1.04 bits per heavy atom. The number of halogens is 1. The number of sulfonamides is 1. The van der Waals surface area contributed by atoms with E-state index in [9.17, 15) is 13.2 Å². The van der Waals surface area contributed by atoms with Crippen LogP contribution in [0.1, 0.15) is 25.8 Å². The first-order valence-electron chi connectivity index (χ1n) is 8.40. The van der Waals surface area contributed by atoms with Crippen LogP contribution in [0.4, 0.5) is 0 Å². The van der Waals surface area contributed by atoms with E-state index in [1.54, 1.807) is 12.1 Å². The molecule has 2 N–H and O–H groups in total. The molecule has 0 saturated heterocycles. The average Bonchev–Trinajstić information content (AvgIpc) is 2.61. The summed E-state index contributed by atoms with van der Waals surface area (Å²) in [6.45, 7) is 3.45. The fourth-order valence-corrected chi connectivity index (χ4v) is 3.90. The highest BCUT2D eigenvalue weighted by Gasteiger charge is 2.22. The van der Waals surface area contributed by atoms with E-state index in [0.717, 1.165) is 17.3 Å². The van der Waals surface area contributed by atoms with Crippen LogP contribution < -0.4 is 10.0 Å². The molecular weight excluding hydrogens is 416 g/mol. The number of benzene rings is 2. The third-order valence-electron chi connectivity index (χ3n) is 3.95. The zero-order chi connectivity index (χ0) is 19.2. The molecule has 0 aromatic heterocycles. The van der Waals surface area contributed by atoms with Gasteiger partial charge in [0, 0.05) is 10.5 Å². The van der Waals surface area contributed by atoms with Crippen LogP contribution in [0.2, 0.25) is 0 Å². The van der Waals surface area contributed by atoms with E-state index in [0.29, 0.717) is 0 Å². The fourth-order valence-electron chi connectivity index (χ4n) is 2.44. The minimum absolute atomic E-state index is 0.0534. The molecule has 0 spiro atoms. The largest absolute Gasteiger partial charge is 0.352 e. The summed E-state index contributed by atoms with van der Waals surface area (Å²) in [5.74, 6) is -0.341. The van der Waals surface area contributed by atoms with Gasteiger partial charge in [0.25, 0.3) is 0 Å². The molecule has 2 aromatic rings. The monoisotopic (exact) mass is 438 g/mol. The summed E-state index contributed by atoms with van der Waals surface area (Å²) in [7, 11) is -3.74. The number of nitrogens with one attached hydrogen (secondary N) is 2. The van der Waals surface area contributed by atoms with E-state index < -0.39 is 16.1 Å². The van der Waals surface area contributed by atoms with Crippen molar-refractivity contribution in [1.29, 1.82) is 0 Å². The van der Waals surface area contributed by atoms with Crippen molar-refractivity contribution < 1.29 is 13.2 Å². The predicted molar refractivity (Wildman–Crippen MR) is 106 cm³/mol. The number of hydrogen-bond acceptors (Lipinski definition) is 3. The van der Waals surface area contributed by atoms with Gasteiger partial charge in [-0.3, -0.25) is 4.79 Å². The van der Waals surface area contributed by atoms with Crippen LogP contribution in [0.15, 0.2) is 64.0 Å². The van der Waals surface area contributed by atoms with Gasteiger partial charge >= 0.3 is 0 Å². The first-order valence-corrected chi connectivity index (χ1v) is 10.7. The molecule has 0 saturated carbocycles. The van der Waals surface area contributed by atoms with Gasteiger partial charge in [-0.1, -0.05) is 46.3 Å². The van der Waals surface area contributed by atoms with Crippen LogP contribution in [0.3, 0.4) is 0 Å². The van der Waals surface area contributed by atoms with Crippen molar-refractivity contribution in [3.63, 3.8) is 0 Å². The van der Waals surface area contributed by atoms with Gasteiger partial charge < -0.3 is 5.32 Å². The minimum Gasteiger partial charge on any atom is -0.352 e. The quantitative estimate of drug-likeness (QED) is 0.663. The van der Waals surface area contributed by atoms with E-state index in [2.05, 4.69) is 26.0 Å². The number of hydrogen-bond donors (Lipinski definition) is 2. The second-order valence-corrected chi connectivity index (χ2v) is 8.86. The Morgan fingerprint density at radius 2 is 1.65 bits per heavy atom. The summed E-state index contributed by atoms with van der Waals surface area (Å²) in [4.78, 5) is 12.4. The standard InChI is InChI=1S/C19H23BrN2O3S/c1-14(8-9-16-6-4-3-5-7-16)21-19(23)15(2)22-26(24,25)18-12-10-17(20)11-13-18/h3-7,10-15,22H,8-9H2,1-2H3,(H,21,23)/t14-,15+/m1/s1. The Kier molecular flexibility index (Phi) is 7.37. The Balaban J connectivity index is 1.87. The molecule has 0 heterocycles. The molecule has 2 aromatic carbocycles. The number of carbonyl (C=O) groups excluding carboxylic acids is 1. The van der Waals surface area contributed by atoms with Crippen molar-refractivity contribution >= 4 is 31.9 Å². The Hall–Kier alpha value is -1.70. The number of rotatable bonds is 8. The van der Waals surface area contributed by atoms with Gasteiger partial charge in [-0.25, -0.2) is 8.42 Å². The number of carbonyl (C=O) groups is 1. The summed E-state index contributed by atoms with van der Waals surface area (Å²) in [5.41, 5.74) is 1.21. The second kappa shape index (κ2) is 9.30. The van der Waals surface area contributed by atoms with Crippen LogP contribution in [-0.2, 0) is 21.2 Å². The second-order valence-electron chi connectivity index (χ2n) is 6.23. The normalized spacial score (nSPS) is 13.8. The maximum Gasteiger partial charge on any atom is 0.241 e. The van der Waals surface area contributed by atoms with E-state index in [4.69, 9.17) is 0 Å². The molecule has 7 heteroatoms. The Labute approximate surface area is 163 Å². The molecular formula is C19H23BrN2O3S. The van der Waals surface area contributed by atoms with Crippen molar-refractivity contribution in [2.75, 3.05) is 0 Å². The van der Waals surface area contributed by atoms with Crippen molar-refractivity contribution in [1.82, 2.24) is 10.0 Å². The number of amides is 1. The van der Waals surface area contributed by atoms with E-state index >= 15 is 0 Å². The highest BCUT2D eigenvalue weighted by atomic mass is 79.9. The lowest BCUT2D eigenvalue weighted by molar-refractivity contribution is -0.123. The van der Waals surface area contributed by atoms with Crippen LogP contribution in [0.25, 0.3) is 0 Å². The molecule has 140 valence electrons. The molecule has 0 bridgehead atoms. The first kappa shape index (κ1) is 20.6. The molecule has 1 amide bonds. The highest BCUT2D eigenvalue weighted by Crippen LogP contribution is 2.15. The predicted octanol–water partition coefficient (Wildman–Crippen LogP) is 3.25. The smallest absolute Gasteiger partial charge is 0.241 e. The minimum atomic E-state index is -3.74. The lowest BCUT2D eigenvalue weighted by atomic mass is 10.1. The molecule has 0 aliphatic rings. The third kappa shape index (κ3) is 6.23. The summed E-state index contributed by atoms with van der Waals surface area (Å²) in [6.07, 6.45) is 1.63. The van der Waals surface area contributed by atoms with Crippen molar-refractivity contribution in [2.24, 2.45) is 0 Å². The third-order valence-corrected chi connectivity index (χ3v) is 6.03. The van der Waals surface area contributed by atoms with Crippen LogP contribution in [0.5, 0.6) is 0 Å². The maximum absolute atomic E-state index is 12.3. The zero-order valence-corrected chi connectivity index (χ0v) is 17.2. The van der Waals surface area contributed by atoms with Gasteiger partial charge in [0.05, 0.1) is 10.9 Å². The molecule has 0 fully saturated rings. The van der Waals surface area contributed by atoms with Crippen LogP contribution >= 0.6 is 15.9 Å².